The molecule has 1 aromatic carbocycles. The lowest BCUT2D eigenvalue weighted by Crippen LogP contribution is -2.04. The molecule has 72 valence electrons. The lowest BCUT2D eigenvalue weighted by molar-refractivity contribution is 0.203. The van der Waals surface area contributed by atoms with Crippen LogP contribution in [0.25, 0.3) is 0 Å². The molecule has 1 unspecified atom stereocenters. The highest BCUT2D eigenvalue weighted by Gasteiger charge is 2.03. The van der Waals surface area contributed by atoms with Gasteiger partial charge in [0.25, 0.3) is 0 Å². The van der Waals surface area contributed by atoms with Crippen LogP contribution < -0.4 is 0 Å². The number of thioether (sulfide) groups is 1. The molecule has 0 aromatic heterocycles. The van der Waals surface area contributed by atoms with Gasteiger partial charge < -0.3 is 9.84 Å². The fraction of sp³-hybridized carbons (Fsp3) is 0.400. The smallest absolute Gasteiger partial charge is 0.116 e. The van der Waals surface area contributed by atoms with Gasteiger partial charge in [-0.05, 0) is 18.2 Å². The van der Waals surface area contributed by atoms with E-state index in [0.717, 1.165) is 11.5 Å². The number of ether oxygens (including phenoxy) is 1. The Balaban J connectivity index is 2.53. The van der Waals surface area contributed by atoms with Crippen molar-refractivity contribution in [1.82, 2.24) is 0 Å². The molecule has 1 rings (SSSR count). The van der Waals surface area contributed by atoms with Gasteiger partial charge in [0, 0.05) is 17.3 Å². The van der Waals surface area contributed by atoms with E-state index in [1.165, 1.54) is 0 Å². The molecule has 0 spiro atoms. The predicted octanol–water partition coefficient (Wildman–Crippen LogP) is 2.52. The van der Waals surface area contributed by atoms with Gasteiger partial charge in [0.1, 0.15) is 5.75 Å². The second-order valence-electron chi connectivity index (χ2n) is 2.88. The van der Waals surface area contributed by atoms with E-state index in [4.69, 9.17) is 4.74 Å². The number of methoxy groups -OCH3 is 1. The fourth-order valence-corrected chi connectivity index (χ4v) is 2.07. The highest BCUT2D eigenvalue weighted by molar-refractivity contribution is 8.00. The Morgan fingerprint density at radius 2 is 2.31 bits per heavy atom. The van der Waals surface area contributed by atoms with E-state index in [9.17, 15) is 5.11 Å². The summed E-state index contributed by atoms with van der Waals surface area (Å²) in [6, 6.07) is 7.26. The van der Waals surface area contributed by atoms with E-state index in [2.05, 4.69) is 6.92 Å². The molecule has 3 heteroatoms. The van der Waals surface area contributed by atoms with Crippen LogP contribution in [0.2, 0.25) is 0 Å². The molecule has 0 radical (unpaired) electrons. The van der Waals surface area contributed by atoms with Gasteiger partial charge in [0.05, 0.1) is 6.61 Å². The summed E-state index contributed by atoms with van der Waals surface area (Å²) in [6.07, 6.45) is 0. The molecule has 1 N–H and O–H groups in total. The zero-order valence-corrected chi connectivity index (χ0v) is 8.67. The van der Waals surface area contributed by atoms with Gasteiger partial charge in [0.2, 0.25) is 0 Å². The molecular formula is C10H14O2S. The molecule has 0 saturated carbocycles. The molecule has 0 saturated heterocycles. The molecule has 0 fully saturated rings. The van der Waals surface area contributed by atoms with E-state index in [1.54, 1.807) is 31.0 Å². The SMILES string of the molecule is COCC(C)Sc1cccc(O)c1. The van der Waals surface area contributed by atoms with Gasteiger partial charge in [-0.3, -0.25) is 0 Å². The standard InChI is InChI=1S/C10H14O2S/c1-8(7-12-2)13-10-5-3-4-9(11)6-10/h3-6,8,11H,7H2,1-2H3. The summed E-state index contributed by atoms with van der Waals surface area (Å²) in [6.45, 7) is 2.82. The van der Waals surface area contributed by atoms with Gasteiger partial charge in [0.15, 0.2) is 0 Å². The minimum Gasteiger partial charge on any atom is -0.508 e. The van der Waals surface area contributed by atoms with Crippen LogP contribution in [0.5, 0.6) is 5.75 Å². The maximum atomic E-state index is 9.21. The minimum absolute atomic E-state index is 0.314. The summed E-state index contributed by atoms with van der Waals surface area (Å²) in [7, 11) is 1.69. The lowest BCUT2D eigenvalue weighted by Gasteiger charge is -2.09. The maximum Gasteiger partial charge on any atom is 0.116 e. The van der Waals surface area contributed by atoms with Crippen molar-refractivity contribution in [3.63, 3.8) is 0 Å². The van der Waals surface area contributed by atoms with Gasteiger partial charge in [-0.1, -0.05) is 13.0 Å². The van der Waals surface area contributed by atoms with Crippen LogP contribution >= 0.6 is 11.8 Å². The molecule has 0 bridgehead atoms. The summed E-state index contributed by atoms with van der Waals surface area (Å²) < 4.78 is 5.02. The second-order valence-corrected chi connectivity index (χ2v) is 4.39. The van der Waals surface area contributed by atoms with Crippen LogP contribution in [-0.2, 0) is 4.74 Å². The summed E-state index contributed by atoms with van der Waals surface area (Å²) in [4.78, 5) is 1.07. The molecule has 0 heterocycles. The number of rotatable bonds is 4. The Morgan fingerprint density at radius 3 is 2.92 bits per heavy atom. The van der Waals surface area contributed by atoms with Crippen LogP contribution in [0, 0.1) is 0 Å². The molecule has 0 amide bonds. The number of phenolic OH excluding ortho intramolecular Hbond substituents is 1. The molecular weight excluding hydrogens is 184 g/mol. The van der Waals surface area contributed by atoms with Crippen LogP contribution in [-0.4, -0.2) is 24.1 Å². The van der Waals surface area contributed by atoms with Crippen molar-refractivity contribution in [3.05, 3.63) is 24.3 Å². The summed E-state index contributed by atoms with van der Waals surface area (Å²) in [5.41, 5.74) is 0. The predicted molar refractivity (Wildman–Crippen MR) is 55.3 cm³/mol. The first-order valence-electron chi connectivity index (χ1n) is 4.17. The lowest BCUT2D eigenvalue weighted by atomic mass is 10.3. The fourth-order valence-electron chi connectivity index (χ4n) is 1.06. The maximum absolute atomic E-state index is 9.21. The molecule has 1 aromatic rings. The van der Waals surface area contributed by atoms with Crippen molar-refractivity contribution in [3.8, 4) is 5.75 Å². The normalized spacial score (nSPS) is 12.8. The highest BCUT2D eigenvalue weighted by atomic mass is 32.2. The third kappa shape index (κ3) is 3.70. The quantitative estimate of drug-likeness (QED) is 0.754. The molecule has 0 aliphatic heterocycles. The van der Waals surface area contributed by atoms with Crippen LogP contribution in [0.3, 0.4) is 0 Å². The van der Waals surface area contributed by atoms with E-state index >= 15 is 0 Å². The topological polar surface area (TPSA) is 29.5 Å². The van der Waals surface area contributed by atoms with E-state index < -0.39 is 0 Å². The molecule has 0 aliphatic rings. The molecule has 13 heavy (non-hydrogen) atoms. The molecule has 2 nitrogen and oxygen atoms in total. The van der Waals surface area contributed by atoms with Crippen molar-refractivity contribution in [2.75, 3.05) is 13.7 Å². The van der Waals surface area contributed by atoms with Gasteiger partial charge in [-0.2, -0.15) is 0 Å². The Hall–Kier alpha value is -0.670. The second kappa shape index (κ2) is 5.14. The average molecular weight is 198 g/mol. The van der Waals surface area contributed by atoms with Gasteiger partial charge in [-0.25, -0.2) is 0 Å². The Bertz CT molecular complexity index is 263. The Morgan fingerprint density at radius 1 is 1.54 bits per heavy atom. The number of aromatic hydroxyl groups is 1. The van der Waals surface area contributed by atoms with Crippen LogP contribution in [0.15, 0.2) is 29.2 Å². The largest absolute Gasteiger partial charge is 0.508 e. The first-order chi connectivity index (χ1) is 6.22. The number of hydrogen-bond acceptors (Lipinski definition) is 3. The van der Waals surface area contributed by atoms with E-state index in [-0.39, 0.29) is 0 Å². The van der Waals surface area contributed by atoms with Gasteiger partial charge in [-0.15, -0.1) is 11.8 Å². The zero-order valence-electron chi connectivity index (χ0n) is 7.86. The molecule has 1 atom stereocenters. The van der Waals surface area contributed by atoms with Crippen LogP contribution in [0.1, 0.15) is 6.92 Å². The third-order valence-electron chi connectivity index (χ3n) is 1.56. The van der Waals surface area contributed by atoms with Crippen molar-refractivity contribution in [2.24, 2.45) is 0 Å². The zero-order chi connectivity index (χ0) is 9.68. The number of phenols is 1. The van der Waals surface area contributed by atoms with Crippen LogP contribution in [0.4, 0.5) is 0 Å². The van der Waals surface area contributed by atoms with Crippen molar-refractivity contribution >= 4 is 11.8 Å². The van der Waals surface area contributed by atoms with E-state index in [1.807, 2.05) is 12.1 Å². The minimum atomic E-state index is 0.314. The average Bonchev–Trinajstić information content (AvgIpc) is 2.04. The number of hydrogen-bond donors (Lipinski definition) is 1. The summed E-state index contributed by atoms with van der Waals surface area (Å²) in [5, 5.41) is 9.62. The Kier molecular flexibility index (Phi) is 4.12. The monoisotopic (exact) mass is 198 g/mol. The Labute approximate surface area is 82.9 Å². The molecule has 0 aliphatic carbocycles. The van der Waals surface area contributed by atoms with Crippen molar-refractivity contribution in [2.45, 2.75) is 17.1 Å². The first-order valence-corrected chi connectivity index (χ1v) is 5.05. The summed E-state index contributed by atoms with van der Waals surface area (Å²) in [5.74, 6) is 0.314. The summed E-state index contributed by atoms with van der Waals surface area (Å²) >= 11 is 1.70. The highest BCUT2D eigenvalue weighted by Crippen LogP contribution is 2.25. The first kappa shape index (κ1) is 10.4. The van der Waals surface area contributed by atoms with Crippen molar-refractivity contribution < 1.29 is 9.84 Å². The third-order valence-corrected chi connectivity index (χ3v) is 2.62. The number of benzene rings is 1. The van der Waals surface area contributed by atoms with Gasteiger partial charge >= 0.3 is 0 Å². The van der Waals surface area contributed by atoms with Crippen molar-refractivity contribution in [1.29, 1.82) is 0 Å². The van der Waals surface area contributed by atoms with E-state index in [0.29, 0.717) is 11.0 Å².